The second-order valence-electron chi connectivity index (χ2n) is 5.82. The Balaban J connectivity index is 1.66. The van der Waals surface area contributed by atoms with E-state index < -0.39 is 0 Å². The zero-order chi connectivity index (χ0) is 13.3. The van der Waals surface area contributed by atoms with Crippen LogP contribution in [0.1, 0.15) is 25.3 Å². The van der Waals surface area contributed by atoms with Gasteiger partial charge in [-0.1, -0.05) is 30.3 Å². The van der Waals surface area contributed by atoms with Crippen LogP contribution in [-0.4, -0.2) is 30.6 Å². The SMILES string of the molecule is CCOC(=O)C1CN(Cc2ccccc2)CC12CC2. The Morgan fingerprint density at radius 2 is 2.11 bits per heavy atom. The van der Waals surface area contributed by atoms with Crippen LogP contribution in [-0.2, 0) is 16.1 Å². The molecule has 0 bridgehead atoms. The zero-order valence-corrected chi connectivity index (χ0v) is 11.5. The van der Waals surface area contributed by atoms with E-state index in [1.807, 2.05) is 13.0 Å². The first-order chi connectivity index (χ1) is 9.23. The number of likely N-dealkylation sites (tertiary alicyclic amines) is 1. The van der Waals surface area contributed by atoms with E-state index in [1.54, 1.807) is 0 Å². The van der Waals surface area contributed by atoms with Gasteiger partial charge in [-0.2, -0.15) is 0 Å². The number of rotatable bonds is 4. The third-order valence-corrected chi connectivity index (χ3v) is 4.43. The Labute approximate surface area is 114 Å². The highest BCUT2D eigenvalue weighted by Gasteiger charge is 2.58. The maximum Gasteiger partial charge on any atom is 0.310 e. The Morgan fingerprint density at radius 1 is 1.37 bits per heavy atom. The van der Waals surface area contributed by atoms with E-state index in [1.165, 1.54) is 18.4 Å². The zero-order valence-electron chi connectivity index (χ0n) is 11.5. The van der Waals surface area contributed by atoms with Crippen molar-refractivity contribution >= 4 is 5.97 Å². The van der Waals surface area contributed by atoms with Crippen molar-refractivity contribution in [2.75, 3.05) is 19.7 Å². The third-order valence-electron chi connectivity index (χ3n) is 4.43. The summed E-state index contributed by atoms with van der Waals surface area (Å²) in [4.78, 5) is 14.5. The van der Waals surface area contributed by atoms with Gasteiger partial charge in [-0.3, -0.25) is 9.69 Å². The lowest BCUT2D eigenvalue weighted by Gasteiger charge is -2.15. The van der Waals surface area contributed by atoms with Crippen LogP contribution in [0.2, 0.25) is 0 Å². The van der Waals surface area contributed by atoms with Gasteiger partial charge >= 0.3 is 5.97 Å². The number of carbonyl (C=O) groups is 1. The molecule has 2 aliphatic rings. The van der Waals surface area contributed by atoms with E-state index >= 15 is 0 Å². The number of hydrogen-bond acceptors (Lipinski definition) is 3. The lowest BCUT2D eigenvalue weighted by Crippen LogP contribution is -2.26. The van der Waals surface area contributed by atoms with Crippen LogP contribution < -0.4 is 0 Å². The summed E-state index contributed by atoms with van der Waals surface area (Å²) in [5.74, 6) is 0.103. The van der Waals surface area contributed by atoms with E-state index in [2.05, 4.69) is 29.2 Å². The molecule has 102 valence electrons. The van der Waals surface area contributed by atoms with Crippen LogP contribution in [0.25, 0.3) is 0 Å². The summed E-state index contributed by atoms with van der Waals surface area (Å²) in [5, 5.41) is 0. The fraction of sp³-hybridized carbons (Fsp3) is 0.562. The predicted octanol–water partition coefficient (Wildman–Crippen LogP) is 2.46. The van der Waals surface area contributed by atoms with E-state index in [9.17, 15) is 4.79 Å². The molecule has 1 aliphatic heterocycles. The van der Waals surface area contributed by atoms with Crippen molar-refractivity contribution in [3.63, 3.8) is 0 Å². The van der Waals surface area contributed by atoms with Gasteiger partial charge in [0.25, 0.3) is 0 Å². The highest BCUT2D eigenvalue weighted by atomic mass is 16.5. The molecule has 19 heavy (non-hydrogen) atoms. The molecular formula is C16H21NO2. The second kappa shape index (κ2) is 4.97. The monoisotopic (exact) mass is 259 g/mol. The van der Waals surface area contributed by atoms with Gasteiger partial charge in [-0.05, 0) is 30.7 Å². The summed E-state index contributed by atoms with van der Waals surface area (Å²) >= 11 is 0. The van der Waals surface area contributed by atoms with Crippen molar-refractivity contribution in [3.8, 4) is 0 Å². The topological polar surface area (TPSA) is 29.5 Å². The van der Waals surface area contributed by atoms with Gasteiger partial charge in [0.2, 0.25) is 0 Å². The lowest BCUT2D eigenvalue weighted by molar-refractivity contribution is -0.149. The molecule has 1 spiro atoms. The first-order valence-electron chi connectivity index (χ1n) is 7.16. The van der Waals surface area contributed by atoms with Gasteiger partial charge in [0.1, 0.15) is 0 Å². The minimum absolute atomic E-state index is 0.00978. The molecule has 0 radical (unpaired) electrons. The quantitative estimate of drug-likeness (QED) is 0.778. The van der Waals surface area contributed by atoms with Crippen molar-refractivity contribution in [1.82, 2.24) is 4.90 Å². The average molecular weight is 259 g/mol. The number of nitrogens with zero attached hydrogens (tertiary/aromatic N) is 1. The highest BCUT2D eigenvalue weighted by molar-refractivity contribution is 5.75. The fourth-order valence-electron chi connectivity index (χ4n) is 3.27. The minimum atomic E-state index is 0.00978. The average Bonchev–Trinajstić information content (AvgIpc) is 3.07. The van der Waals surface area contributed by atoms with Gasteiger partial charge in [0.15, 0.2) is 0 Å². The maximum atomic E-state index is 12.1. The molecule has 3 nitrogen and oxygen atoms in total. The molecule has 1 saturated carbocycles. The number of carbonyl (C=O) groups excluding carboxylic acids is 1. The summed E-state index contributed by atoms with van der Waals surface area (Å²) < 4.78 is 5.23. The van der Waals surface area contributed by atoms with Gasteiger partial charge in [-0.15, -0.1) is 0 Å². The molecule has 0 amide bonds. The van der Waals surface area contributed by atoms with Crippen LogP contribution in [0, 0.1) is 11.3 Å². The van der Waals surface area contributed by atoms with Crippen LogP contribution >= 0.6 is 0 Å². The summed E-state index contributed by atoms with van der Waals surface area (Å²) in [7, 11) is 0. The molecule has 3 rings (SSSR count). The molecular weight excluding hydrogens is 238 g/mol. The van der Waals surface area contributed by atoms with Crippen LogP contribution in [0.15, 0.2) is 30.3 Å². The number of ether oxygens (including phenoxy) is 1. The fourth-order valence-corrected chi connectivity index (χ4v) is 3.27. The van der Waals surface area contributed by atoms with E-state index in [-0.39, 0.29) is 17.3 Å². The molecule has 0 N–H and O–H groups in total. The Bertz CT molecular complexity index is 453. The van der Waals surface area contributed by atoms with E-state index in [0.29, 0.717) is 6.61 Å². The highest BCUT2D eigenvalue weighted by Crippen LogP contribution is 2.56. The molecule has 1 heterocycles. The molecule has 1 aliphatic carbocycles. The third kappa shape index (κ3) is 2.52. The Kier molecular flexibility index (Phi) is 3.31. The standard InChI is InChI=1S/C16H21NO2/c1-2-19-15(18)14-11-17(12-16(14)8-9-16)10-13-6-4-3-5-7-13/h3-7,14H,2,8-12H2,1H3. The van der Waals surface area contributed by atoms with Crippen LogP contribution in [0.3, 0.4) is 0 Å². The lowest BCUT2D eigenvalue weighted by atomic mass is 9.93. The molecule has 1 unspecified atom stereocenters. The van der Waals surface area contributed by atoms with Gasteiger partial charge in [0.05, 0.1) is 12.5 Å². The van der Waals surface area contributed by atoms with Gasteiger partial charge in [-0.25, -0.2) is 0 Å². The molecule has 1 aromatic carbocycles. The van der Waals surface area contributed by atoms with Crippen molar-refractivity contribution in [2.45, 2.75) is 26.3 Å². The van der Waals surface area contributed by atoms with Crippen molar-refractivity contribution in [3.05, 3.63) is 35.9 Å². The first-order valence-corrected chi connectivity index (χ1v) is 7.16. The smallest absolute Gasteiger partial charge is 0.310 e. The van der Waals surface area contributed by atoms with Gasteiger partial charge in [0, 0.05) is 19.6 Å². The molecule has 1 aromatic rings. The molecule has 1 atom stereocenters. The summed E-state index contributed by atoms with van der Waals surface area (Å²) in [6.07, 6.45) is 2.36. The largest absolute Gasteiger partial charge is 0.466 e. The van der Waals surface area contributed by atoms with E-state index in [4.69, 9.17) is 4.74 Å². The summed E-state index contributed by atoms with van der Waals surface area (Å²) in [5.41, 5.74) is 1.56. The van der Waals surface area contributed by atoms with E-state index in [0.717, 1.165) is 19.6 Å². The van der Waals surface area contributed by atoms with Gasteiger partial charge < -0.3 is 4.74 Å². The second-order valence-corrected chi connectivity index (χ2v) is 5.82. The molecule has 1 saturated heterocycles. The molecule has 2 fully saturated rings. The molecule has 3 heteroatoms. The van der Waals surface area contributed by atoms with Crippen molar-refractivity contribution < 1.29 is 9.53 Å². The summed E-state index contributed by atoms with van der Waals surface area (Å²) in [6.45, 7) is 5.22. The minimum Gasteiger partial charge on any atom is -0.466 e. The maximum absolute atomic E-state index is 12.1. The predicted molar refractivity (Wildman–Crippen MR) is 73.5 cm³/mol. The van der Waals surface area contributed by atoms with Crippen LogP contribution in [0.4, 0.5) is 0 Å². The first kappa shape index (κ1) is 12.7. The summed E-state index contributed by atoms with van der Waals surface area (Å²) in [6, 6.07) is 10.5. The van der Waals surface area contributed by atoms with Crippen molar-refractivity contribution in [1.29, 1.82) is 0 Å². The number of benzene rings is 1. The number of esters is 1. The van der Waals surface area contributed by atoms with Crippen LogP contribution in [0.5, 0.6) is 0 Å². The molecule has 0 aromatic heterocycles. The Hall–Kier alpha value is -1.35. The Morgan fingerprint density at radius 3 is 2.74 bits per heavy atom. The normalized spacial score (nSPS) is 24.6. The van der Waals surface area contributed by atoms with Crippen molar-refractivity contribution in [2.24, 2.45) is 11.3 Å². The number of hydrogen-bond donors (Lipinski definition) is 0.